The Labute approximate surface area is 118 Å². The van der Waals surface area contributed by atoms with Gasteiger partial charge >= 0.3 is 0 Å². The summed E-state index contributed by atoms with van der Waals surface area (Å²) in [5.41, 5.74) is 5.09. The number of thiophene rings is 1. The minimum Gasteiger partial charge on any atom is -0.271 e. The van der Waals surface area contributed by atoms with Gasteiger partial charge in [-0.15, -0.1) is 11.3 Å². The molecule has 0 fully saturated rings. The van der Waals surface area contributed by atoms with E-state index < -0.39 is 0 Å². The van der Waals surface area contributed by atoms with Gasteiger partial charge in [0.05, 0.1) is 11.1 Å². The Morgan fingerprint density at radius 2 is 2.12 bits per heavy atom. The highest BCUT2D eigenvalue weighted by Gasteiger charge is 2.14. The van der Waals surface area contributed by atoms with Crippen molar-refractivity contribution in [3.63, 3.8) is 0 Å². The second-order valence-corrected chi connectivity index (χ2v) is 6.14. The Morgan fingerprint density at radius 3 is 2.65 bits per heavy atom. The molecule has 0 saturated carbocycles. The van der Waals surface area contributed by atoms with Gasteiger partial charge in [0.2, 0.25) is 0 Å². The standard InChI is InChI=1S/C12H12BrClN2S/c1-7-4-9(6-17-7)12(16-15)8-2-3-11(14)10(13)5-8/h2-6,12,16H,15H2,1H3. The average molecular weight is 332 g/mol. The fraction of sp³-hybridized carbons (Fsp3) is 0.167. The summed E-state index contributed by atoms with van der Waals surface area (Å²) in [7, 11) is 0. The van der Waals surface area contributed by atoms with Crippen molar-refractivity contribution in [2.45, 2.75) is 13.0 Å². The zero-order valence-electron chi connectivity index (χ0n) is 9.21. The molecule has 0 bridgehead atoms. The number of aryl methyl sites for hydroxylation is 1. The largest absolute Gasteiger partial charge is 0.271 e. The van der Waals surface area contributed by atoms with E-state index in [1.165, 1.54) is 10.4 Å². The number of halogens is 2. The maximum atomic E-state index is 5.98. The molecule has 0 radical (unpaired) electrons. The van der Waals surface area contributed by atoms with Gasteiger partial charge in [-0.1, -0.05) is 17.7 Å². The van der Waals surface area contributed by atoms with Gasteiger partial charge in [0, 0.05) is 9.35 Å². The third-order valence-electron chi connectivity index (χ3n) is 2.53. The number of hydrazine groups is 1. The van der Waals surface area contributed by atoms with Crippen LogP contribution in [-0.4, -0.2) is 0 Å². The molecule has 90 valence electrons. The number of hydrogen-bond acceptors (Lipinski definition) is 3. The maximum Gasteiger partial charge on any atom is 0.0718 e. The molecule has 1 heterocycles. The molecular formula is C12H12BrClN2S. The lowest BCUT2D eigenvalue weighted by Gasteiger charge is -2.15. The summed E-state index contributed by atoms with van der Waals surface area (Å²) in [6, 6.07) is 7.96. The minimum absolute atomic E-state index is 0.00600. The lowest BCUT2D eigenvalue weighted by molar-refractivity contribution is 0.638. The first kappa shape index (κ1) is 13.1. The van der Waals surface area contributed by atoms with Crippen molar-refractivity contribution in [3.8, 4) is 0 Å². The number of nitrogens with one attached hydrogen (secondary N) is 1. The molecular weight excluding hydrogens is 320 g/mol. The monoisotopic (exact) mass is 330 g/mol. The fourth-order valence-corrected chi connectivity index (χ4v) is 2.94. The van der Waals surface area contributed by atoms with Crippen LogP contribution in [-0.2, 0) is 0 Å². The highest BCUT2D eigenvalue weighted by atomic mass is 79.9. The molecule has 2 nitrogen and oxygen atoms in total. The molecule has 0 amide bonds. The molecule has 0 aliphatic heterocycles. The summed E-state index contributed by atoms with van der Waals surface area (Å²) < 4.78 is 0.879. The molecule has 0 aliphatic carbocycles. The SMILES string of the molecule is Cc1cc(C(NN)c2ccc(Cl)c(Br)c2)cs1. The predicted octanol–water partition coefficient (Wildman–Crippen LogP) is 4.03. The zero-order chi connectivity index (χ0) is 12.4. The highest BCUT2D eigenvalue weighted by molar-refractivity contribution is 9.10. The summed E-state index contributed by atoms with van der Waals surface area (Å²) in [5, 5.41) is 2.81. The van der Waals surface area contributed by atoms with E-state index >= 15 is 0 Å². The van der Waals surface area contributed by atoms with Crippen molar-refractivity contribution < 1.29 is 0 Å². The third kappa shape index (κ3) is 2.89. The summed E-state index contributed by atoms with van der Waals surface area (Å²) in [4.78, 5) is 1.27. The Balaban J connectivity index is 2.38. The Morgan fingerprint density at radius 1 is 1.35 bits per heavy atom. The molecule has 2 rings (SSSR count). The second kappa shape index (κ2) is 5.50. The molecule has 0 aliphatic rings. The fourth-order valence-electron chi connectivity index (χ4n) is 1.69. The normalized spacial score (nSPS) is 12.7. The molecule has 3 N–H and O–H groups in total. The van der Waals surface area contributed by atoms with Gasteiger partial charge in [-0.05, 0) is 57.6 Å². The lowest BCUT2D eigenvalue weighted by atomic mass is 10.0. The molecule has 0 spiro atoms. The van der Waals surface area contributed by atoms with E-state index in [9.17, 15) is 0 Å². The van der Waals surface area contributed by atoms with Crippen LogP contribution in [0, 0.1) is 6.92 Å². The van der Waals surface area contributed by atoms with Gasteiger partial charge in [-0.25, -0.2) is 5.43 Å². The minimum atomic E-state index is -0.00600. The lowest BCUT2D eigenvalue weighted by Crippen LogP contribution is -2.28. The van der Waals surface area contributed by atoms with Crippen molar-refractivity contribution in [3.05, 3.63) is 55.1 Å². The van der Waals surface area contributed by atoms with Gasteiger partial charge in [-0.2, -0.15) is 0 Å². The highest BCUT2D eigenvalue weighted by Crippen LogP contribution is 2.30. The second-order valence-electron chi connectivity index (χ2n) is 3.76. The molecule has 1 aromatic carbocycles. The van der Waals surface area contributed by atoms with Gasteiger partial charge in [0.1, 0.15) is 0 Å². The van der Waals surface area contributed by atoms with Crippen LogP contribution in [0.1, 0.15) is 22.0 Å². The zero-order valence-corrected chi connectivity index (χ0v) is 12.4. The van der Waals surface area contributed by atoms with Crippen molar-refractivity contribution in [2.75, 3.05) is 0 Å². The molecule has 5 heteroatoms. The molecule has 2 aromatic rings. The average Bonchev–Trinajstić information content (AvgIpc) is 2.71. The first-order chi connectivity index (χ1) is 8.11. The number of rotatable bonds is 3. The van der Waals surface area contributed by atoms with E-state index in [1.807, 2.05) is 18.2 Å². The quantitative estimate of drug-likeness (QED) is 0.658. The van der Waals surface area contributed by atoms with Crippen LogP contribution in [0.3, 0.4) is 0 Å². The van der Waals surface area contributed by atoms with E-state index in [-0.39, 0.29) is 6.04 Å². The van der Waals surface area contributed by atoms with E-state index in [1.54, 1.807) is 11.3 Å². The van der Waals surface area contributed by atoms with Crippen molar-refractivity contribution in [1.29, 1.82) is 0 Å². The van der Waals surface area contributed by atoms with Crippen molar-refractivity contribution in [1.82, 2.24) is 5.43 Å². The topological polar surface area (TPSA) is 38.0 Å². The predicted molar refractivity (Wildman–Crippen MR) is 77.4 cm³/mol. The summed E-state index contributed by atoms with van der Waals surface area (Å²) in [6.45, 7) is 2.08. The first-order valence-electron chi connectivity index (χ1n) is 5.08. The van der Waals surface area contributed by atoms with Crippen molar-refractivity contribution >= 4 is 38.9 Å². The number of nitrogens with two attached hydrogens (primary N) is 1. The Kier molecular flexibility index (Phi) is 4.22. The van der Waals surface area contributed by atoms with E-state index in [0.717, 1.165) is 10.0 Å². The van der Waals surface area contributed by atoms with Gasteiger partial charge in [0.15, 0.2) is 0 Å². The molecule has 1 unspecified atom stereocenters. The molecule has 1 aromatic heterocycles. The first-order valence-corrected chi connectivity index (χ1v) is 7.13. The van der Waals surface area contributed by atoms with Crippen LogP contribution >= 0.6 is 38.9 Å². The van der Waals surface area contributed by atoms with E-state index in [4.69, 9.17) is 17.4 Å². The molecule has 0 saturated heterocycles. The van der Waals surface area contributed by atoms with Crippen LogP contribution in [0.4, 0.5) is 0 Å². The summed E-state index contributed by atoms with van der Waals surface area (Å²) in [5.74, 6) is 5.64. The van der Waals surface area contributed by atoms with E-state index in [2.05, 4.69) is 39.7 Å². The Hall–Kier alpha value is -0.390. The van der Waals surface area contributed by atoms with E-state index in [0.29, 0.717) is 5.02 Å². The van der Waals surface area contributed by atoms with Gasteiger partial charge < -0.3 is 0 Å². The number of benzene rings is 1. The van der Waals surface area contributed by atoms with Crippen LogP contribution in [0.2, 0.25) is 5.02 Å². The Bertz CT molecular complexity index is 527. The smallest absolute Gasteiger partial charge is 0.0718 e. The van der Waals surface area contributed by atoms with Gasteiger partial charge in [-0.3, -0.25) is 5.84 Å². The van der Waals surface area contributed by atoms with Gasteiger partial charge in [0.25, 0.3) is 0 Å². The maximum absolute atomic E-state index is 5.98. The summed E-state index contributed by atoms with van der Waals surface area (Å²) >= 11 is 11.1. The van der Waals surface area contributed by atoms with Crippen molar-refractivity contribution in [2.24, 2.45) is 5.84 Å². The van der Waals surface area contributed by atoms with Crippen LogP contribution in [0.25, 0.3) is 0 Å². The molecule has 1 atom stereocenters. The van der Waals surface area contributed by atoms with Crippen LogP contribution < -0.4 is 11.3 Å². The van der Waals surface area contributed by atoms with Crippen LogP contribution in [0.15, 0.2) is 34.1 Å². The number of hydrogen-bond donors (Lipinski definition) is 2. The third-order valence-corrected chi connectivity index (χ3v) is 4.62. The summed E-state index contributed by atoms with van der Waals surface area (Å²) in [6.07, 6.45) is 0. The van der Waals surface area contributed by atoms with Crippen LogP contribution in [0.5, 0.6) is 0 Å². The molecule has 17 heavy (non-hydrogen) atoms.